The fourth-order valence-corrected chi connectivity index (χ4v) is 1.92. The fraction of sp³-hybridized carbons (Fsp3) is 0.250. The lowest BCUT2D eigenvalue weighted by atomic mass is 9.93. The van der Waals surface area contributed by atoms with Crippen LogP contribution in [0.1, 0.15) is 22.8 Å². The molecule has 0 fully saturated rings. The maximum atomic E-state index is 10.8. The molecule has 0 saturated heterocycles. The highest BCUT2D eigenvalue weighted by molar-refractivity contribution is 7.08. The highest BCUT2D eigenvalue weighted by atomic mass is 32.1. The van der Waals surface area contributed by atoms with E-state index in [0.29, 0.717) is 0 Å². The van der Waals surface area contributed by atoms with Crippen LogP contribution >= 0.6 is 11.3 Å². The second-order valence-electron chi connectivity index (χ2n) is 3.01. The molecular formula is C8H9NO4S. The maximum Gasteiger partial charge on any atom is 0.336 e. The molecule has 1 aromatic rings. The third-order valence-electron chi connectivity index (χ3n) is 1.90. The van der Waals surface area contributed by atoms with E-state index in [1.54, 1.807) is 0 Å². The molecule has 0 bridgehead atoms. The lowest BCUT2D eigenvalue weighted by Crippen LogP contribution is -2.42. The third-order valence-corrected chi connectivity index (χ3v) is 2.64. The Morgan fingerprint density at radius 2 is 2.00 bits per heavy atom. The molecule has 0 radical (unpaired) electrons. The average Bonchev–Trinajstić information content (AvgIpc) is 2.51. The summed E-state index contributed by atoms with van der Waals surface area (Å²) in [5.74, 6) is -2.42. The Bertz CT molecular complexity index is 382. The zero-order chi connectivity index (χ0) is 10.9. The van der Waals surface area contributed by atoms with E-state index in [9.17, 15) is 9.59 Å². The normalized spacial score (nSPS) is 14.7. The van der Waals surface area contributed by atoms with Crippen molar-refractivity contribution in [2.45, 2.75) is 12.5 Å². The van der Waals surface area contributed by atoms with Gasteiger partial charge in [-0.2, -0.15) is 11.3 Å². The Hall–Kier alpha value is -1.40. The number of hydrogen-bond donors (Lipinski definition) is 3. The molecule has 0 saturated carbocycles. The first-order valence-corrected chi connectivity index (χ1v) is 4.64. The van der Waals surface area contributed by atoms with Crippen LogP contribution in [0, 0.1) is 0 Å². The second kappa shape index (κ2) is 3.39. The maximum absolute atomic E-state index is 10.8. The number of hydrogen-bond acceptors (Lipinski definition) is 4. The van der Waals surface area contributed by atoms with Gasteiger partial charge in [-0.25, -0.2) is 9.59 Å². The zero-order valence-electron chi connectivity index (χ0n) is 7.35. The van der Waals surface area contributed by atoms with Crippen LogP contribution in [-0.2, 0) is 10.3 Å². The molecule has 0 amide bonds. The van der Waals surface area contributed by atoms with Gasteiger partial charge >= 0.3 is 11.9 Å². The van der Waals surface area contributed by atoms with Gasteiger partial charge in [0.05, 0.1) is 5.56 Å². The molecule has 1 heterocycles. The molecule has 5 nitrogen and oxygen atoms in total. The van der Waals surface area contributed by atoms with Gasteiger partial charge in [0.1, 0.15) is 5.54 Å². The monoisotopic (exact) mass is 215 g/mol. The van der Waals surface area contributed by atoms with E-state index in [4.69, 9.17) is 15.9 Å². The highest BCUT2D eigenvalue weighted by Crippen LogP contribution is 2.25. The van der Waals surface area contributed by atoms with Gasteiger partial charge in [-0.1, -0.05) is 0 Å². The van der Waals surface area contributed by atoms with Crippen LogP contribution in [0.5, 0.6) is 0 Å². The zero-order valence-corrected chi connectivity index (χ0v) is 8.17. The van der Waals surface area contributed by atoms with Crippen LogP contribution in [0.2, 0.25) is 0 Å². The summed E-state index contributed by atoms with van der Waals surface area (Å²) in [6.07, 6.45) is 0. The average molecular weight is 215 g/mol. The van der Waals surface area contributed by atoms with Crippen molar-refractivity contribution in [2.24, 2.45) is 5.73 Å². The first-order valence-electron chi connectivity index (χ1n) is 3.69. The largest absolute Gasteiger partial charge is 0.480 e. The number of aromatic carboxylic acids is 1. The van der Waals surface area contributed by atoms with Crippen molar-refractivity contribution >= 4 is 23.3 Å². The van der Waals surface area contributed by atoms with E-state index < -0.39 is 17.5 Å². The Balaban J connectivity index is 3.25. The van der Waals surface area contributed by atoms with Crippen LogP contribution in [0.25, 0.3) is 0 Å². The minimum absolute atomic E-state index is 0.0533. The number of nitrogens with two attached hydrogens (primary N) is 1. The van der Waals surface area contributed by atoms with E-state index in [0.717, 1.165) is 11.3 Å². The molecule has 0 spiro atoms. The molecule has 1 unspecified atom stereocenters. The molecule has 0 aromatic carbocycles. The van der Waals surface area contributed by atoms with Gasteiger partial charge in [-0.3, -0.25) is 0 Å². The molecule has 1 atom stereocenters. The number of rotatable bonds is 3. The summed E-state index contributed by atoms with van der Waals surface area (Å²) in [5.41, 5.74) is 3.92. The van der Waals surface area contributed by atoms with Crippen LogP contribution in [0.3, 0.4) is 0 Å². The van der Waals surface area contributed by atoms with Gasteiger partial charge in [0.25, 0.3) is 0 Å². The molecule has 0 aliphatic rings. The highest BCUT2D eigenvalue weighted by Gasteiger charge is 2.34. The Morgan fingerprint density at radius 3 is 2.43 bits per heavy atom. The number of thiophene rings is 1. The van der Waals surface area contributed by atoms with Crippen molar-refractivity contribution < 1.29 is 19.8 Å². The summed E-state index contributed by atoms with van der Waals surface area (Å²) in [7, 11) is 0. The summed E-state index contributed by atoms with van der Waals surface area (Å²) < 4.78 is 0. The SMILES string of the molecule is CC(N)(C(=O)O)c1cscc1C(=O)O. The number of carbonyl (C=O) groups is 2. The summed E-state index contributed by atoms with van der Waals surface area (Å²) >= 11 is 1.11. The molecule has 4 N–H and O–H groups in total. The molecular weight excluding hydrogens is 206 g/mol. The van der Waals surface area contributed by atoms with Gasteiger partial charge in [0, 0.05) is 10.9 Å². The van der Waals surface area contributed by atoms with Crippen LogP contribution in [-0.4, -0.2) is 22.2 Å². The summed E-state index contributed by atoms with van der Waals surface area (Å²) in [6.45, 7) is 1.27. The van der Waals surface area contributed by atoms with Gasteiger partial charge in [0.2, 0.25) is 0 Å². The summed E-state index contributed by atoms with van der Waals surface area (Å²) in [4.78, 5) is 21.5. The number of carboxylic acids is 2. The molecule has 0 aliphatic carbocycles. The second-order valence-corrected chi connectivity index (χ2v) is 3.76. The van der Waals surface area contributed by atoms with E-state index in [-0.39, 0.29) is 11.1 Å². The van der Waals surface area contributed by atoms with Gasteiger partial charge < -0.3 is 15.9 Å². The molecule has 1 rings (SSSR count). The van der Waals surface area contributed by atoms with Crippen molar-refractivity contribution in [3.05, 3.63) is 21.9 Å². The fourth-order valence-electron chi connectivity index (χ4n) is 0.980. The topological polar surface area (TPSA) is 101 Å². The third kappa shape index (κ3) is 1.61. The minimum Gasteiger partial charge on any atom is -0.480 e. The lowest BCUT2D eigenvalue weighted by molar-refractivity contribution is -0.143. The standard InChI is InChI=1S/C8H9NO4S/c1-8(9,7(12)13)5-3-14-2-4(5)6(10)11/h2-3H,9H2,1H3,(H,10,11)(H,12,13). The van der Waals surface area contributed by atoms with E-state index in [1.807, 2.05) is 0 Å². The van der Waals surface area contributed by atoms with Gasteiger partial charge in [-0.15, -0.1) is 0 Å². The molecule has 6 heteroatoms. The Kier molecular flexibility index (Phi) is 2.59. The van der Waals surface area contributed by atoms with Gasteiger partial charge in [0.15, 0.2) is 0 Å². The molecule has 0 aliphatic heterocycles. The lowest BCUT2D eigenvalue weighted by Gasteiger charge is -2.18. The quantitative estimate of drug-likeness (QED) is 0.689. The van der Waals surface area contributed by atoms with E-state index in [1.165, 1.54) is 17.7 Å². The predicted molar refractivity (Wildman–Crippen MR) is 50.5 cm³/mol. The number of aliphatic carboxylic acids is 1. The summed E-state index contributed by atoms with van der Waals surface area (Å²) in [6, 6.07) is 0. The van der Waals surface area contributed by atoms with E-state index in [2.05, 4.69) is 0 Å². The van der Waals surface area contributed by atoms with Crippen molar-refractivity contribution in [1.29, 1.82) is 0 Å². The van der Waals surface area contributed by atoms with Gasteiger partial charge in [-0.05, 0) is 12.3 Å². The molecule has 1 aromatic heterocycles. The first kappa shape index (κ1) is 10.7. The number of carboxylic acid groups (broad SMARTS) is 2. The molecule has 14 heavy (non-hydrogen) atoms. The first-order chi connectivity index (χ1) is 6.37. The van der Waals surface area contributed by atoms with Crippen molar-refractivity contribution in [2.75, 3.05) is 0 Å². The van der Waals surface area contributed by atoms with E-state index >= 15 is 0 Å². The predicted octanol–water partition coefficient (Wildman–Crippen LogP) is 0.705. The van der Waals surface area contributed by atoms with Crippen LogP contribution in [0.4, 0.5) is 0 Å². The van der Waals surface area contributed by atoms with Crippen molar-refractivity contribution in [3.63, 3.8) is 0 Å². The Morgan fingerprint density at radius 1 is 1.43 bits per heavy atom. The van der Waals surface area contributed by atoms with Crippen molar-refractivity contribution in [3.8, 4) is 0 Å². The van der Waals surface area contributed by atoms with Crippen molar-refractivity contribution in [1.82, 2.24) is 0 Å². The minimum atomic E-state index is -1.66. The smallest absolute Gasteiger partial charge is 0.336 e. The van der Waals surface area contributed by atoms with Crippen LogP contribution < -0.4 is 5.73 Å². The summed E-state index contributed by atoms with van der Waals surface area (Å²) in [5, 5.41) is 20.4. The Labute approximate surface area is 83.8 Å². The molecule has 76 valence electrons. The van der Waals surface area contributed by atoms with Crippen LogP contribution in [0.15, 0.2) is 10.8 Å².